The second-order valence-corrected chi connectivity index (χ2v) is 6.64. The first kappa shape index (κ1) is 18.8. The van der Waals surface area contributed by atoms with Crippen molar-refractivity contribution in [3.8, 4) is 5.75 Å². The molecule has 4 nitrogen and oxygen atoms in total. The van der Waals surface area contributed by atoms with Gasteiger partial charge in [-0.15, -0.1) is 0 Å². The molecule has 3 rings (SSSR count). The Morgan fingerprint density at radius 3 is 2.19 bits per heavy atom. The van der Waals surface area contributed by atoms with Crippen molar-refractivity contribution in [2.45, 2.75) is 13.5 Å². The summed E-state index contributed by atoms with van der Waals surface area (Å²) < 4.78 is 5.43. The summed E-state index contributed by atoms with van der Waals surface area (Å²) in [5, 5.41) is 6.80. The highest BCUT2D eigenvalue weighted by atomic mass is 35.5. The molecule has 0 radical (unpaired) electrons. The van der Waals surface area contributed by atoms with Gasteiger partial charge < -0.3 is 15.4 Å². The van der Waals surface area contributed by atoms with Crippen molar-refractivity contribution < 1.29 is 9.53 Å². The number of hydrogen-bond acceptors (Lipinski definition) is 3. The lowest BCUT2D eigenvalue weighted by Crippen LogP contribution is -2.20. The molecule has 0 aromatic heterocycles. The first-order chi connectivity index (χ1) is 13.1. The van der Waals surface area contributed by atoms with E-state index in [1.807, 2.05) is 24.3 Å². The minimum Gasteiger partial charge on any atom is -0.484 e. The van der Waals surface area contributed by atoms with Crippen LogP contribution < -0.4 is 15.4 Å². The van der Waals surface area contributed by atoms with Gasteiger partial charge in [0, 0.05) is 22.9 Å². The zero-order chi connectivity index (χ0) is 19.1. The van der Waals surface area contributed by atoms with Gasteiger partial charge in [0.1, 0.15) is 5.75 Å². The Labute approximate surface area is 164 Å². The molecule has 3 aromatic rings. The summed E-state index contributed by atoms with van der Waals surface area (Å²) in [5.41, 5.74) is 4.18. The largest absolute Gasteiger partial charge is 0.484 e. The van der Waals surface area contributed by atoms with Crippen molar-refractivity contribution in [3.05, 3.63) is 88.9 Å². The summed E-state index contributed by atoms with van der Waals surface area (Å²) in [6.07, 6.45) is 0. The fourth-order valence-electron chi connectivity index (χ4n) is 2.46. The topological polar surface area (TPSA) is 50.4 Å². The summed E-state index contributed by atoms with van der Waals surface area (Å²) in [6.45, 7) is 2.76. The summed E-state index contributed by atoms with van der Waals surface area (Å²) in [6, 6.07) is 22.9. The van der Waals surface area contributed by atoms with E-state index in [-0.39, 0.29) is 12.5 Å². The van der Waals surface area contributed by atoms with Crippen LogP contribution in [-0.4, -0.2) is 12.5 Å². The zero-order valence-electron chi connectivity index (χ0n) is 15.0. The van der Waals surface area contributed by atoms with Gasteiger partial charge in [-0.05, 0) is 61.0 Å². The Morgan fingerprint density at radius 2 is 1.52 bits per heavy atom. The Morgan fingerprint density at radius 1 is 0.889 bits per heavy atom. The number of rotatable bonds is 7. The average molecular weight is 381 g/mol. The minimum absolute atomic E-state index is 0.0605. The molecule has 0 saturated heterocycles. The first-order valence-corrected chi connectivity index (χ1v) is 9.04. The van der Waals surface area contributed by atoms with Crippen LogP contribution in [0.4, 0.5) is 11.4 Å². The molecule has 0 aliphatic carbocycles. The molecule has 0 aliphatic heterocycles. The summed E-state index contributed by atoms with van der Waals surface area (Å²) in [7, 11) is 0. The standard InChI is InChI=1S/C22H21ClN2O2/c1-16-2-4-17(5-3-16)14-24-19-8-10-20(11-9-19)25-22(26)15-27-21-12-6-18(23)7-13-21/h2-13,24H,14-15H2,1H3,(H,25,26). The lowest BCUT2D eigenvalue weighted by atomic mass is 10.1. The number of carbonyl (C=O) groups is 1. The maximum atomic E-state index is 12.0. The number of hydrogen-bond donors (Lipinski definition) is 2. The normalized spacial score (nSPS) is 10.3. The number of anilines is 2. The van der Waals surface area contributed by atoms with Gasteiger partial charge in [-0.3, -0.25) is 4.79 Å². The van der Waals surface area contributed by atoms with E-state index in [0.29, 0.717) is 10.8 Å². The van der Waals surface area contributed by atoms with Crippen LogP contribution in [0.2, 0.25) is 5.02 Å². The molecule has 0 heterocycles. The molecule has 0 atom stereocenters. The lowest BCUT2D eigenvalue weighted by Gasteiger charge is -2.10. The van der Waals surface area contributed by atoms with Crippen LogP contribution in [0, 0.1) is 6.92 Å². The predicted octanol–water partition coefficient (Wildman–Crippen LogP) is 5.28. The Bertz CT molecular complexity index is 876. The van der Waals surface area contributed by atoms with Crippen LogP contribution in [-0.2, 0) is 11.3 Å². The van der Waals surface area contributed by atoms with Crippen molar-refractivity contribution in [2.24, 2.45) is 0 Å². The van der Waals surface area contributed by atoms with Crippen LogP contribution in [0.25, 0.3) is 0 Å². The van der Waals surface area contributed by atoms with Crippen molar-refractivity contribution in [3.63, 3.8) is 0 Å². The zero-order valence-corrected chi connectivity index (χ0v) is 15.8. The lowest BCUT2D eigenvalue weighted by molar-refractivity contribution is -0.118. The van der Waals surface area contributed by atoms with Gasteiger partial charge in [0.25, 0.3) is 5.91 Å². The molecule has 27 heavy (non-hydrogen) atoms. The number of amides is 1. The van der Waals surface area contributed by atoms with Crippen LogP contribution >= 0.6 is 11.6 Å². The molecule has 5 heteroatoms. The number of ether oxygens (including phenoxy) is 1. The predicted molar refractivity (Wildman–Crippen MR) is 111 cm³/mol. The average Bonchev–Trinajstić information content (AvgIpc) is 2.68. The van der Waals surface area contributed by atoms with E-state index in [1.165, 1.54) is 11.1 Å². The van der Waals surface area contributed by atoms with Crippen molar-refractivity contribution in [1.82, 2.24) is 0 Å². The third kappa shape index (κ3) is 6.04. The molecule has 0 bridgehead atoms. The monoisotopic (exact) mass is 380 g/mol. The molecule has 138 valence electrons. The summed E-state index contributed by atoms with van der Waals surface area (Å²) in [5.74, 6) is 0.385. The van der Waals surface area contributed by atoms with Gasteiger partial charge in [0.15, 0.2) is 6.61 Å². The molecule has 1 amide bonds. The second-order valence-electron chi connectivity index (χ2n) is 6.21. The quantitative estimate of drug-likeness (QED) is 0.586. The number of benzene rings is 3. The van der Waals surface area contributed by atoms with Gasteiger partial charge >= 0.3 is 0 Å². The van der Waals surface area contributed by atoms with Gasteiger partial charge in [-0.1, -0.05) is 41.4 Å². The van der Waals surface area contributed by atoms with Crippen LogP contribution in [0.15, 0.2) is 72.8 Å². The van der Waals surface area contributed by atoms with E-state index in [4.69, 9.17) is 16.3 Å². The van der Waals surface area contributed by atoms with Crippen LogP contribution in [0.1, 0.15) is 11.1 Å². The number of nitrogens with one attached hydrogen (secondary N) is 2. The fraction of sp³-hybridized carbons (Fsp3) is 0.136. The van der Waals surface area contributed by atoms with E-state index < -0.39 is 0 Å². The van der Waals surface area contributed by atoms with Gasteiger partial charge in [0.2, 0.25) is 0 Å². The molecule has 0 spiro atoms. The second kappa shape index (κ2) is 9.10. The Hall–Kier alpha value is -2.98. The molecular weight excluding hydrogens is 360 g/mol. The smallest absolute Gasteiger partial charge is 0.262 e. The molecule has 3 aromatic carbocycles. The number of halogens is 1. The van der Waals surface area contributed by atoms with Crippen LogP contribution in [0.5, 0.6) is 5.75 Å². The third-order valence-corrected chi connectivity index (χ3v) is 4.22. The SMILES string of the molecule is Cc1ccc(CNc2ccc(NC(=O)COc3ccc(Cl)cc3)cc2)cc1. The minimum atomic E-state index is -0.217. The van der Waals surface area contributed by atoms with E-state index in [1.54, 1.807) is 24.3 Å². The summed E-state index contributed by atoms with van der Waals surface area (Å²) >= 11 is 5.82. The van der Waals surface area contributed by atoms with Gasteiger partial charge in [0.05, 0.1) is 0 Å². The Kier molecular flexibility index (Phi) is 6.34. The van der Waals surface area contributed by atoms with Gasteiger partial charge in [-0.2, -0.15) is 0 Å². The van der Waals surface area contributed by atoms with E-state index >= 15 is 0 Å². The maximum absolute atomic E-state index is 12.0. The highest BCUT2D eigenvalue weighted by molar-refractivity contribution is 6.30. The maximum Gasteiger partial charge on any atom is 0.262 e. The molecule has 0 aliphatic rings. The molecule has 2 N–H and O–H groups in total. The highest BCUT2D eigenvalue weighted by Gasteiger charge is 2.04. The molecule has 0 saturated carbocycles. The van der Waals surface area contributed by atoms with Crippen LogP contribution in [0.3, 0.4) is 0 Å². The first-order valence-electron chi connectivity index (χ1n) is 8.66. The fourth-order valence-corrected chi connectivity index (χ4v) is 2.58. The van der Waals surface area contributed by atoms with E-state index in [0.717, 1.165) is 17.9 Å². The molecule has 0 unspecified atom stereocenters. The van der Waals surface area contributed by atoms with E-state index in [9.17, 15) is 4.79 Å². The van der Waals surface area contributed by atoms with Gasteiger partial charge in [-0.25, -0.2) is 0 Å². The molecule has 0 fully saturated rings. The third-order valence-electron chi connectivity index (χ3n) is 3.97. The number of aryl methyl sites for hydroxylation is 1. The highest BCUT2D eigenvalue weighted by Crippen LogP contribution is 2.17. The van der Waals surface area contributed by atoms with Crippen molar-refractivity contribution >= 4 is 28.9 Å². The number of carbonyl (C=O) groups excluding carboxylic acids is 1. The Balaban J connectivity index is 1.45. The summed E-state index contributed by atoms with van der Waals surface area (Å²) in [4.78, 5) is 12.0. The van der Waals surface area contributed by atoms with E-state index in [2.05, 4.69) is 41.8 Å². The van der Waals surface area contributed by atoms with Crippen molar-refractivity contribution in [2.75, 3.05) is 17.2 Å². The van der Waals surface area contributed by atoms with Crippen molar-refractivity contribution in [1.29, 1.82) is 0 Å². The molecular formula is C22H21ClN2O2.